The molecule has 1 N–H and O–H groups in total. The van der Waals surface area contributed by atoms with Crippen LogP contribution in [0.4, 0.5) is 4.79 Å². The van der Waals surface area contributed by atoms with Crippen molar-refractivity contribution in [1.82, 2.24) is 10.2 Å². The van der Waals surface area contributed by atoms with Crippen molar-refractivity contribution >= 4 is 6.09 Å². The van der Waals surface area contributed by atoms with Crippen molar-refractivity contribution in [3.8, 4) is 5.75 Å². The second kappa shape index (κ2) is 8.63. The summed E-state index contributed by atoms with van der Waals surface area (Å²) >= 11 is 0. The molecule has 5 nitrogen and oxygen atoms in total. The molecule has 2 rings (SSSR count). The first-order chi connectivity index (χ1) is 10.7. The molecule has 122 valence electrons. The predicted octanol–water partition coefficient (Wildman–Crippen LogP) is 2.45. The van der Waals surface area contributed by atoms with Crippen LogP contribution in [-0.4, -0.2) is 50.4 Å². The summed E-state index contributed by atoms with van der Waals surface area (Å²) in [6.45, 7) is 4.74. The lowest BCUT2D eigenvalue weighted by Crippen LogP contribution is -2.45. The van der Waals surface area contributed by atoms with Crippen LogP contribution in [0.15, 0.2) is 24.3 Å². The molecule has 1 saturated heterocycles. The number of para-hydroxylation sites is 1. The van der Waals surface area contributed by atoms with Crippen LogP contribution in [0.1, 0.15) is 25.3 Å². The molecule has 0 spiro atoms. The Bertz CT molecular complexity index is 471. The summed E-state index contributed by atoms with van der Waals surface area (Å²) in [7, 11) is 1.71. The van der Waals surface area contributed by atoms with E-state index in [1.807, 2.05) is 25.1 Å². The monoisotopic (exact) mass is 306 g/mol. The van der Waals surface area contributed by atoms with Gasteiger partial charge in [-0.15, -0.1) is 0 Å². The van der Waals surface area contributed by atoms with E-state index in [0.29, 0.717) is 12.6 Å². The number of ether oxygens (including phenoxy) is 2. The first kappa shape index (κ1) is 16.6. The van der Waals surface area contributed by atoms with E-state index in [9.17, 15) is 4.79 Å². The van der Waals surface area contributed by atoms with Crippen molar-refractivity contribution in [3.05, 3.63) is 29.8 Å². The van der Waals surface area contributed by atoms with Gasteiger partial charge in [-0.1, -0.05) is 18.2 Å². The van der Waals surface area contributed by atoms with Gasteiger partial charge in [0.2, 0.25) is 0 Å². The average Bonchev–Trinajstić information content (AvgIpc) is 2.56. The number of carbonyl (C=O) groups excluding carboxylic acids is 1. The number of nitrogens with one attached hydrogen (secondary N) is 1. The van der Waals surface area contributed by atoms with Gasteiger partial charge in [-0.05, 0) is 44.4 Å². The largest absolute Gasteiger partial charge is 0.496 e. The highest BCUT2D eigenvalue weighted by Gasteiger charge is 2.22. The molecule has 0 unspecified atom stereocenters. The molecule has 0 bridgehead atoms. The minimum atomic E-state index is -0.185. The first-order valence-electron chi connectivity index (χ1n) is 8.01. The Kier molecular flexibility index (Phi) is 6.52. The number of methoxy groups -OCH3 is 1. The van der Waals surface area contributed by atoms with Gasteiger partial charge < -0.3 is 19.7 Å². The van der Waals surface area contributed by atoms with Crippen LogP contribution in [0.25, 0.3) is 0 Å². The topological polar surface area (TPSA) is 50.8 Å². The van der Waals surface area contributed by atoms with E-state index in [-0.39, 0.29) is 6.09 Å². The van der Waals surface area contributed by atoms with E-state index in [1.165, 1.54) is 5.56 Å². The Morgan fingerprint density at radius 3 is 2.73 bits per heavy atom. The zero-order chi connectivity index (χ0) is 15.8. The molecular weight excluding hydrogens is 280 g/mol. The summed E-state index contributed by atoms with van der Waals surface area (Å²) in [5, 5.41) is 3.58. The van der Waals surface area contributed by atoms with E-state index in [4.69, 9.17) is 9.47 Å². The molecule has 22 heavy (non-hydrogen) atoms. The maximum atomic E-state index is 11.6. The zero-order valence-electron chi connectivity index (χ0n) is 13.5. The van der Waals surface area contributed by atoms with Gasteiger partial charge in [0.25, 0.3) is 0 Å². The number of carbonyl (C=O) groups is 1. The van der Waals surface area contributed by atoms with Gasteiger partial charge in [-0.25, -0.2) is 4.79 Å². The van der Waals surface area contributed by atoms with Gasteiger partial charge in [0.1, 0.15) is 5.75 Å². The Morgan fingerprint density at radius 1 is 1.32 bits per heavy atom. The normalized spacial score (nSPS) is 15.6. The third-order valence-corrected chi connectivity index (χ3v) is 4.04. The lowest BCUT2D eigenvalue weighted by molar-refractivity contribution is 0.0952. The molecule has 1 heterocycles. The van der Waals surface area contributed by atoms with Crippen LogP contribution in [0.2, 0.25) is 0 Å². The summed E-state index contributed by atoms with van der Waals surface area (Å²) in [6.07, 6.45) is 2.72. The maximum absolute atomic E-state index is 11.6. The number of piperidine rings is 1. The third-order valence-electron chi connectivity index (χ3n) is 4.04. The van der Waals surface area contributed by atoms with Gasteiger partial charge in [-0.3, -0.25) is 0 Å². The van der Waals surface area contributed by atoms with Crippen LogP contribution in [0.3, 0.4) is 0 Å². The standard InChI is InChI=1S/C17H26N2O3/c1-3-22-17(20)19-12-9-15(10-13-19)18-11-8-14-6-4-5-7-16(14)21-2/h4-7,15,18H,3,8-13H2,1-2H3. The molecule has 1 aromatic rings. The molecule has 0 saturated carbocycles. The molecule has 1 aliphatic rings. The van der Waals surface area contributed by atoms with E-state index in [0.717, 1.165) is 44.6 Å². The second-order valence-corrected chi connectivity index (χ2v) is 5.48. The minimum absolute atomic E-state index is 0.185. The van der Waals surface area contributed by atoms with E-state index in [1.54, 1.807) is 12.0 Å². The van der Waals surface area contributed by atoms with Gasteiger partial charge in [-0.2, -0.15) is 0 Å². The molecule has 1 aromatic carbocycles. The smallest absolute Gasteiger partial charge is 0.409 e. The van der Waals surface area contributed by atoms with Gasteiger partial charge in [0, 0.05) is 19.1 Å². The molecule has 0 atom stereocenters. The third kappa shape index (κ3) is 4.63. The van der Waals surface area contributed by atoms with Crippen LogP contribution in [0, 0.1) is 0 Å². The fourth-order valence-electron chi connectivity index (χ4n) is 2.80. The van der Waals surface area contributed by atoms with Crippen molar-refractivity contribution in [2.45, 2.75) is 32.2 Å². The van der Waals surface area contributed by atoms with E-state index >= 15 is 0 Å². The van der Waals surface area contributed by atoms with E-state index < -0.39 is 0 Å². The van der Waals surface area contributed by atoms with Crippen molar-refractivity contribution in [1.29, 1.82) is 0 Å². The average molecular weight is 306 g/mol. The van der Waals surface area contributed by atoms with Crippen molar-refractivity contribution in [2.24, 2.45) is 0 Å². The molecule has 0 aliphatic carbocycles. The van der Waals surface area contributed by atoms with Crippen LogP contribution >= 0.6 is 0 Å². The van der Waals surface area contributed by atoms with Crippen molar-refractivity contribution < 1.29 is 14.3 Å². The summed E-state index contributed by atoms with van der Waals surface area (Å²) < 4.78 is 10.4. The Balaban J connectivity index is 1.70. The van der Waals surface area contributed by atoms with Gasteiger partial charge in [0.05, 0.1) is 13.7 Å². The van der Waals surface area contributed by atoms with Crippen LogP contribution < -0.4 is 10.1 Å². The number of rotatable bonds is 6. The van der Waals surface area contributed by atoms with E-state index in [2.05, 4.69) is 11.4 Å². The number of benzene rings is 1. The lowest BCUT2D eigenvalue weighted by Gasteiger charge is -2.31. The Labute approximate surface area is 132 Å². The first-order valence-corrected chi connectivity index (χ1v) is 8.01. The second-order valence-electron chi connectivity index (χ2n) is 5.48. The molecule has 0 aromatic heterocycles. The number of hydrogen-bond acceptors (Lipinski definition) is 4. The van der Waals surface area contributed by atoms with Gasteiger partial charge >= 0.3 is 6.09 Å². The highest BCUT2D eigenvalue weighted by molar-refractivity contribution is 5.67. The molecule has 1 aliphatic heterocycles. The number of hydrogen-bond donors (Lipinski definition) is 1. The zero-order valence-corrected chi connectivity index (χ0v) is 13.5. The lowest BCUT2D eigenvalue weighted by atomic mass is 10.0. The highest BCUT2D eigenvalue weighted by atomic mass is 16.6. The highest BCUT2D eigenvalue weighted by Crippen LogP contribution is 2.18. The fourth-order valence-corrected chi connectivity index (χ4v) is 2.80. The Hall–Kier alpha value is -1.75. The minimum Gasteiger partial charge on any atom is -0.496 e. The number of amides is 1. The summed E-state index contributed by atoms with van der Waals surface area (Å²) in [5.74, 6) is 0.946. The summed E-state index contributed by atoms with van der Waals surface area (Å²) in [6, 6.07) is 8.59. The van der Waals surface area contributed by atoms with Crippen LogP contribution in [0.5, 0.6) is 5.75 Å². The molecular formula is C17H26N2O3. The quantitative estimate of drug-likeness (QED) is 0.877. The molecule has 1 fully saturated rings. The van der Waals surface area contributed by atoms with Crippen molar-refractivity contribution in [3.63, 3.8) is 0 Å². The van der Waals surface area contributed by atoms with Gasteiger partial charge in [0.15, 0.2) is 0 Å². The summed E-state index contributed by atoms with van der Waals surface area (Å²) in [4.78, 5) is 13.4. The number of likely N-dealkylation sites (tertiary alicyclic amines) is 1. The molecule has 0 radical (unpaired) electrons. The molecule has 5 heteroatoms. The van der Waals surface area contributed by atoms with Crippen molar-refractivity contribution in [2.75, 3.05) is 33.4 Å². The molecule has 1 amide bonds. The Morgan fingerprint density at radius 2 is 2.05 bits per heavy atom. The summed E-state index contributed by atoms with van der Waals surface area (Å²) in [5.41, 5.74) is 1.22. The maximum Gasteiger partial charge on any atom is 0.409 e. The van der Waals surface area contributed by atoms with Crippen LogP contribution in [-0.2, 0) is 11.2 Å². The SMILES string of the molecule is CCOC(=O)N1CCC(NCCc2ccccc2OC)CC1. The predicted molar refractivity (Wildman–Crippen MR) is 86.3 cm³/mol. The number of nitrogens with zero attached hydrogens (tertiary/aromatic N) is 1. The fraction of sp³-hybridized carbons (Fsp3) is 0.588.